The molecule has 0 aliphatic carbocycles. The van der Waals surface area contributed by atoms with Crippen LogP contribution < -0.4 is 5.32 Å². The number of aliphatic hydroxyl groups is 1. The molecule has 78 valence electrons. The Hall–Kier alpha value is -0.380. The average molecular weight is 258 g/mol. The standard InChI is InChI=1S/C11H16BrNO/c1-8-7-10(3-4-11(8)12)9(2)13-5-6-14/h3-4,7,9,13-14H,5-6H2,1-2H3/t9-/m0/s1. The maximum Gasteiger partial charge on any atom is 0.0556 e. The van der Waals surface area contributed by atoms with Crippen molar-refractivity contribution < 1.29 is 5.11 Å². The van der Waals surface area contributed by atoms with Crippen molar-refractivity contribution in [2.45, 2.75) is 19.9 Å². The topological polar surface area (TPSA) is 32.3 Å². The Morgan fingerprint density at radius 1 is 1.50 bits per heavy atom. The lowest BCUT2D eigenvalue weighted by molar-refractivity contribution is 0.286. The highest BCUT2D eigenvalue weighted by Gasteiger charge is 2.05. The predicted octanol–water partition coefficient (Wildman–Crippen LogP) is 2.40. The van der Waals surface area contributed by atoms with E-state index in [0.29, 0.717) is 6.54 Å². The Labute approximate surface area is 93.5 Å². The van der Waals surface area contributed by atoms with Crippen molar-refractivity contribution >= 4 is 15.9 Å². The van der Waals surface area contributed by atoms with E-state index in [9.17, 15) is 0 Å². The van der Waals surface area contributed by atoms with E-state index in [0.717, 1.165) is 4.47 Å². The van der Waals surface area contributed by atoms with Gasteiger partial charge in [0.05, 0.1) is 6.61 Å². The largest absolute Gasteiger partial charge is 0.395 e. The maximum absolute atomic E-state index is 8.69. The highest BCUT2D eigenvalue weighted by atomic mass is 79.9. The number of halogens is 1. The summed E-state index contributed by atoms with van der Waals surface area (Å²) in [5.74, 6) is 0. The number of rotatable bonds is 4. The Kier molecular flexibility index (Phi) is 4.58. The predicted molar refractivity (Wildman–Crippen MR) is 62.4 cm³/mol. The summed E-state index contributed by atoms with van der Waals surface area (Å²) in [7, 11) is 0. The summed E-state index contributed by atoms with van der Waals surface area (Å²) in [5, 5.41) is 11.9. The summed E-state index contributed by atoms with van der Waals surface area (Å²) in [6.45, 7) is 4.99. The fourth-order valence-corrected chi connectivity index (χ4v) is 1.58. The number of aryl methyl sites for hydroxylation is 1. The van der Waals surface area contributed by atoms with Gasteiger partial charge in [-0.05, 0) is 31.0 Å². The molecule has 2 nitrogen and oxygen atoms in total. The summed E-state index contributed by atoms with van der Waals surface area (Å²) < 4.78 is 1.13. The number of nitrogens with one attached hydrogen (secondary N) is 1. The molecule has 0 bridgehead atoms. The van der Waals surface area contributed by atoms with E-state index in [4.69, 9.17) is 5.11 Å². The average Bonchev–Trinajstić information content (AvgIpc) is 2.18. The molecule has 0 aliphatic rings. The second-order valence-electron chi connectivity index (χ2n) is 3.41. The van der Waals surface area contributed by atoms with Gasteiger partial charge in [0.15, 0.2) is 0 Å². The molecular formula is C11H16BrNO. The monoisotopic (exact) mass is 257 g/mol. The lowest BCUT2D eigenvalue weighted by Gasteiger charge is -2.14. The molecule has 14 heavy (non-hydrogen) atoms. The first-order chi connectivity index (χ1) is 6.65. The molecule has 1 aromatic carbocycles. The van der Waals surface area contributed by atoms with Crippen molar-refractivity contribution in [3.63, 3.8) is 0 Å². The number of hydrogen-bond acceptors (Lipinski definition) is 2. The fraction of sp³-hybridized carbons (Fsp3) is 0.455. The van der Waals surface area contributed by atoms with Crippen LogP contribution in [-0.4, -0.2) is 18.3 Å². The van der Waals surface area contributed by atoms with Gasteiger partial charge >= 0.3 is 0 Å². The van der Waals surface area contributed by atoms with Gasteiger partial charge in [0.25, 0.3) is 0 Å². The van der Waals surface area contributed by atoms with Gasteiger partial charge in [-0.2, -0.15) is 0 Å². The van der Waals surface area contributed by atoms with Gasteiger partial charge < -0.3 is 10.4 Å². The second kappa shape index (κ2) is 5.49. The highest BCUT2D eigenvalue weighted by Crippen LogP contribution is 2.20. The van der Waals surface area contributed by atoms with Crippen LogP contribution in [0.4, 0.5) is 0 Å². The summed E-state index contributed by atoms with van der Waals surface area (Å²) in [6, 6.07) is 6.58. The molecule has 1 atom stereocenters. The van der Waals surface area contributed by atoms with Crippen LogP contribution in [0, 0.1) is 6.92 Å². The normalized spacial score (nSPS) is 12.9. The highest BCUT2D eigenvalue weighted by molar-refractivity contribution is 9.10. The van der Waals surface area contributed by atoms with Crippen molar-refractivity contribution in [3.05, 3.63) is 33.8 Å². The van der Waals surface area contributed by atoms with Crippen LogP contribution in [0.5, 0.6) is 0 Å². The van der Waals surface area contributed by atoms with Crippen molar-refractivity contribution in [1.29, 1.82) is 0 Å². The molecule has 1 rings (SSSR count). The van der Waals surface area contributed by atoms with E-state index in [1.165, 1.54) is 11.1 Å². The van der Waals surface area contributed by atoms with Crippen molar-refractivity contribution in [3.8, 4) is 0 Å². The number of benzene rings is 1. The maximum atomic E-state index is 8.69. The van der Waals surface area contributed by atoms with Crippen LogP contribution in [0.15, 0.2) is 22.7 Å². The fourth-order valence-electron chi connectivity index (χ4n) is 1.34. The van der Waals surface area contributed by atoms with Gasteiger partial charge in [0.1, 0.15) is 0 Å². The van der Waals surface area contributed by atoms with Crippen LogP contribution in [0.2, 0.25) is 0 Å². The molecule has 0 saturated heterocycles. The van der Waals surface area contributed by atoms with Gasteiger partial charge in [-0.25, -0.2) is 0 Å². The third-order valence-electron chi connectivity index (χ3n) is 2.24. The number of aliphatic hydroxyl groups excluding tert-OH is 1. The Morgan fingerprint density at radius 2 is 2.21 bits per heavy atom. The second-order valence-corrected chi connectivity index (χ2v) is 4.26. The van der Waals surface area contributed by atoms with Gasteiger partial charge in [0.2, 0.25) is 0 Å². The molecule has 3 heteroatoms. The third-order valence-corrected chi connectivity index (χ3v) is 3.13. The minimum absolute atomic E-state index is 0.180. The Morgan fingerprint density at radius 3 is 2.79 bits per heavy atom. The molecule has 0 unspecified atom stereocenters. The van der Waals surface area contributed by atoms with Gasteiger partial charge in [-0.15, -0.1) is 0 Å². The van der Waals surface area contributed by atoms with Gasteiger partial charge in [0, 0.05) is 17.1 Å². The molecule has 0 aliphatic heterocycles. The molecule has 1 aromatic rings. The summed E-state index contributed by atoms with van der Waals surface area (Å²) in [4.78, 5) is 0. The molecule has 0 amide bonds. The summed E-state index contributed by atoms with van der Waals surface area (Å²) >= 11 is 3.47. The van der Waals surface area contributed by atoms with Crippen LogP contribution in [-0.2, 0) is 0 Å². The Bertz CT molecular complexity index is 301. The van der Waals surface area contributed by atoms with E-state index in [2.05, 4.69) is 53.3 Å². The molecule has 0 spiro atoms. The molecule has 0 saturated carbocycles. The molecule has 0 fully saturated rings. The smallest absolute Gasteiger partial charge is 0.0556 e. The summed E-state index contributed by atoms with van der Waals surface area (Å²) in [6.07, 6.45) is 0. The molecule has 2 N–H and O–H groups in total. The first kappa shape index (κ1) is 11.7. The van der Waals surface area contributed by atoms with E-state index in [1.54, 1.807) is 0 Å². The zero-order valence-electron chi connectivity index (χ0n) is 8.55. The number of hydrogen-bond donors (Lipinski definition) is 2. The van der Waals surface area contributed by atoms with Crippen LogP contribution in [0.1, 0.15) is 24.1 Å². The van der Waals surface area contributed by atoms with E-state index < -0.39 is 0 Å². The molecule has 0 radical (unpaired) electrons. The van der Waals surface area contributed by atoms with Gasteiger partial charge in [-0.1, -0.05) is 28.1 Å². The minimum Gasteiger partial charge on any atom is -0.395 e. The molecule has 0 heterocycles. The SMILES string of the molecule is Cc1cc([C@H](C)NCCO)ccc1Br. The Balaban J connectivity index is 2.70. The first-order valence-corrected chi connectivity index (χ1v) is 5.54. The zero-order valence-corrected chi connectivity index (χ0v) is 10.1. The first-order valence-electron chi connectivity index (χ1n) is 4.75. The molecular weight excluding hydrogens is 242 g/mol. The summed E-state index contributed by atoms with van der Waals surface area (Å²) in [5.41, 5.74) is 2.49. The quantitative estimate of drug-likeness (QED) is 0.869. The van der Waals surface area contributed by atoms with Crippen molar-refractivity contribution in [1.82, 2.24) is 5.32 Å². The van der Waals surface area contributed by atoms with Crippen LogP contribution >= 0.6 is 15.9 Å². The third kappa shape index (κ3) is 3.08. The van der Waals surface area contributed by atoms with Crippen LogP contribution in [0.25, 0.3) is 0 Å². The van der Waals surface area contributed by atoms with E-state index in [-0.39, 0.29) is 12.6 Å². The van der Waals surface area contributed by atoms with Crippen molar-refractivity contribution in [2.75, 3.05) is 13.2 Å². The zero-order chi connectivity index (χ0) is 10.6. The van der Waals surface area contributed by atoms with Crippen molar-refractivity contribution in [2.24, 2.45) is 0 Å². The lowest BCUT2D eigenvalue weighted by Crippen LogP contribution is -2.22. The van der Waals surface area contributed by atoms with E-state index in [1.807, 2.05) is 0 Å². The van der Waals surface area contributed by atoms with E-state index >= 15 is 0 Å². The minimum atomic E-state index is 0.180. The lowest BCUT2D eigenvalue weighted by atomic mass is 10.1. The van der Waals surface area contributed by atoms with Gasteiger partial charge in [-0.3, -0.25) is 0 Å². The van der Waals surface area contributed by atoms with Crippen LogP contribution in [0.3, 0.4) is 0 Å². The molecule has 0 aromatic heterocycles.